The Hall–Kier alpha value is -3.91. The van der Waals surface area contributed by atoms with Gasteiger partial charge in [0.05, 0.1) is 22.8 Å². The van der Waals surface area contributed by atoms with Gasteiger partial charge >= 0.3 is 0 Å². The summed E-state index contributed by atoms with van der Waals surface area (Å²) in [6.07, 6.45) is 8.96. The number of aliphatic imine (C=N–C) groups is 2. The van der Waals surface area contributed by atoms with Gasteiger partial charge in [-0.15, -0.1) is 0 Å². The number of allylic oxidation sites excluding steroid dienone is 1. The molecule has 0 fully saturated rings. The van der Waals surface area contributed by atoms with Crippen LogP contribution < -0.4 is 0 Å². The molecule has 0 amide bonds. The highest BCUT2D eigenvalue weighted by Gasteiger charge is 2.15. The number of para-hydroxylation sites is 1. The van der Waals surface area contributed by atoms with E-state index in [2.05, 4.69) is 26.0 Å². The normalized spacial score (nSPS) is 13.1. The Morgan fingerprint density at radius 3 is 2.74 bits per heavy atom. The van der Waals surface area contributed by atoms with Crippen LogP contribution in [-0.4, -0.2) is 39.6 Å². The predicted molar refractivity (Wildman–Crippen MR) is 139 cm³/mol. The second kappa shape index (κ2) is 11.3. The summed E-state index contributed by atoms with van der Waals surface area (Å²) in [5.74, 6) is -0.389. The summed E-state index contributed by atoms with van der Waals surface area (Å²) < 4.78 is 0. The average molecular weight is 469 g/mol. The third-order valence-corrected chi connectivity index (χ3v) is 5.93. The molecular formula is C26H24N6OS. The molecule has 1 aliphatic rings. The summed E-state index contributed by atoms with van der Waals surface area (Å²) in [7, 11) is 0. The molecule has 8 heteroatoms. The molecule has 0 aliphatic heterocycles. The predicted octanol–water partition coefficient (Wildman–Crippen LogP) is 6.01. The fourth-order valence-electron chi connectivity index (χ4n) is 3.39. The van der Waals surface area contributed by atoms with Gasteiger partial charge in [0, 0.05) is 35.9 Å². The first kappa shape index (κ1) is 23.3. The van der Waals surface area contributed by atoms with Crippen LogP contribution in [0.4, 0.5) is 11.4 Å². The number of nitrogens with zero attached hydrogens (tertiary/aromatic N) is 3. The van der Waals surface area contributed by atoms with Gasteiger partial charge in [0.2, 0.25) is 0 Å². The Balaban J connectivity index is 1.38. The molecule has 0 spiro atoms. The van der Waals surface area contributed by atoms with E-state index in [4.69, 9.17) is 10.8 Å². The highest BCUT2D eigenvalue weighted by atomic mass is 32.2. The minimum Gasteiger partial charge on any atom is -0.336 e. The molecule has 34 heavy (non-hydrogen) atoms. The second-order valence-electron chi connectivity index (χ2n) is 7.56. The van der Waals surface area contributed by atoms with Crippen LogP contribution in [0, 0.1) is 10.8 Å². The zero-order valence-electron chi connectivity index (χ0n) is 18.5. The molecule has 4 rings (SSSR count). The number of hydrogen-bond donors (Lipinski definition) is 3. The van der Waals surface area contributed by atoms with Crippen molar-refractivity contribution in [2.45, 2.75) is 35.7 Å². The number of hydrogen-bond acceptors (Lipinski definition) is 7. The van der Waals surface area contributed by atoms with Crippen molar-refractivity contribution in [3.05, 3.63) is 72.1 Å². The molecule has 1 aromatic heterocycles. The number of carbonyl (C=O) groups excluding carboxylic acids is 1. The molecule has 3 N–H and O–H groups in total. The molecule has 0 saturated carbocycles. The van der Waals surface area contributed by atoms with Crippen molar-refractivity contribution in [1.82, 2.24) is 9.97 Å². The molecule has 0 saturated heterocycles. The number of ketones is 1. The third kappa shape index (κ3) is 6.11. The number of nitrogens with one attached hydrogen (secondary N) is 3. The summed E-state index contributed by atoms with van der Waals surface area (Å²) in [6.45, 7) is 0. The SMILES string of the molecule is N=CCC(=Nc1ccccc1)C(=N)C(=O)CC=Nc1cccc(Sc2nc3c([nH]2)CCC=C3)c1. The molecule has 0 unspecified atom stereocenters. The Morgan fingerprint density at radius 1 is 1.12 bits per heavy atom. The van der Waals surface area contributed by atoms with Crippen molar-refractivity contribution in [2.24, 2.45) is 9.98 Å². The number of Topliss-reactive ketones (excluding diaryl/α,β-unsaturated/α-hetero) is 1. The fourth-order valence-corrected chi connectivity index (χ4v) is 4.26. The highest BCUT2D eigenvalue weighted by molar-refractivity contribution is 7.99. The van der Waals surface area contributed by atoms with Gasteiger partial charge in [-0.2, -0.15) is 0 Å². The van der Waals surface area contributed by atoms with Gasteiger partial charge in [0.1, 0.15) is 5.71 Å². The minimum atomic E-state index is -0.389. The maximum atomic E-state index is 12.6. The highest BCUT2D eigenvalue weighted by Crippen LogP contribution is 2.30. The third-order valence-electron chi connectivity index (χ3n) is 5.06. The number of aromatic amines is 1. The van der Waals surface area contributed by atoms with Crippen LogP contribution in [0.1, 0.15) is 30.7 Å². The maximum absolute atomic E-state index is 12.6. The minimum absolute atomic E-state index is 0.0146. The Kier molecular flexibility index (Phi) is 7.72. The van der Waals surface area contributed by atoms with E-state index in [0.29, 0.717) is 5.69 Å². The van der Waals surface area contributed by atoms with E-state index in [0.717, 1.165) is 40.5 Å². The number of aryl methyl sites for hydroxylation is 1. The number of fused-ring (bicyclic) bond motifs is 1. The van der Waals surface area contributed by atoms with Crippen molar-refractivity contribution in [3.8, 4) is 0 Å². The summed E-state index contributed by atoms with van der Waals surface area (Å²) in [5.41, 5.74) is 3.61. The van der Waals surface area contributed by atoms with Gasteiger partial charge in [-0.25, -0.2) is 4.98 Å². The number of rotatable bonds is 10. The van der Waals surface area contributed by atoms with Crippen LogP contribution in [0.5, 0.6) is 0 Å². The average Bonchev–Trinajstić information content (AvgIpc) is 3.26. The van der Waals surface area contributed by atoms with Crippen LogP contribution in [0.15, 0.2) is 80.7 Å². The van der Waals surface area contributed by atoms with Crippen molar-refractivity contribution in [2.75, 3.05) is 0 Å². The number of benzene rings is 2. The van der Waals surface area contributed by atoms with Crippen LogP contribution in [0.2, 0.25) is 0 Å². The van der Waals surface area contributed by atoms with Crippen LogP contribution in [0.25, 0.3) is 6.08 Å². The molecule has 0 radical (unpaired) electrons. The lowest BCUT2D eigenvalue weighted by molar-refractivity contribution is -0.111. The molecule has 3 aromatic rings. The fraction of sp³-hybridized carbons (Fsp3) is 0.154. The molecule has 1 aliphatic carbocycles. The van der Waals surface area contributed by atoms with Gasteiger partial charge in [0.25, 0.3) is 0 Å². The van der Waals surface area contributed by atoms with Crippen molar-refractivity contribution >= 4 is 58.8 Å². The van der Waals surface area contributed by atoms with E-state index in [9.17, 15) is 4.79 Å². The lowest BCUT2D eigenvalue weighted by atomic mass is 10.1. The number of carbonyl (C=O) groups is 1. The zero-order chi connectivity index (χ0) is 23.8. The quantitative estimate of drug-likeness (QED) is 0.316. The van der Waals surface area contributed by atoms with Crippen LogP contribution >= 0.6 is 11.8 Å². The molecule has 7 nitrogen and oxygen atoms in total. The Labute approximate surface area is 202 Å². The van der Waals surface area contributed by atoms with Crippen LogP contribution in [0.3, 0.4) is 0 Å². The van der Waals surface area contributed by atoms with E-state index in [-0.39, 0.29) is 30.0 Å². The number of H-pyrrole nitrogens is 1. The summed E-state index contributed by atoms with van der Waals surface area (Å²) in [5, 5.41) is 16.5. The lowest BCUT2D eigenvalue weighted by Crippen LogP contribution is -2.23. The van der Waals surface area contributed by atoms with Gasteiger partial charge in [-0.1, -0.05) is 42.1 Å². The Bertz CT molecular complexity index is 1290. The molecule has 0 atom stereocenters. The van der Waals surface area contributed by atoms with Crippen LogP contribution in [-0.2, 0) is 11.2 Å². The van der Waals surface area contributed by atoms with Crippen molar-refractivity contribution in [3.63, 3.8) is 0 Å². The van der Waals surface area contributed by atoms with E-state index >= 15 is 0 Å². The Morgan fingerprint density at radius 2 is 1.94 bits per heavy atom. The number of imidazole rings is 1. The second-order valence-corrected chi connectivity index (χ2v) is 8.62. The van der Waals surface area contributed by atoms with Gasteiger partial charge in [-0.3, -0.25) is 20.2 Å². The first-order valence-electron chi connectivity index (χ1n) is 10.9. The lowest BCUT2D eigenvalue weighted by Gasteiger charge is -2.04. The summed E-state index contributed by atoms with van der Waals surface area (Å²) >= 11 is 1.54. The van der Waals surface area contributed by atoms with E-state index in [1.54, 1.807) is 12.1 Å². The molecule has 1 heterocycles. The number of aromatic nitrogens is 2. The van der Waals surface area contributed by atoms with Gasteiger partial charge in [-0.05, 0) is 49.2 Å². The smallest absolute Gasteiger partial charge is 0.187 e. The van der Waals surface area contributed by atoms with Crippen molar-refractivity contribution in [1.29, 1.82) is 10.8 Å². The topological polar surface area (TPSA) is 118 Å². The van der Waals surface area contributed by atoms with E-state index in [1.807, 2.05) is 48.5 Å². The first-order valence-corrected chi connectivity index (χ1v) is 11.7. The zero-order valence-corrected chi connectivity index (χ0v) is 19.3. The summed E-state index contributed by atoms with van der Waals surface area (Å²) in [4.78, 5) is 30.3. The summed E-state index contributed by atoms with van der Waals surface area (Å²) in [6, 6.07) is 16.8. The largest absolute Gasteiger partial charge is 0.336 e. The monoisotopic (exact) mass is 468 g/mol. The molecular weight excluding hydrogens is 444 g/mol. The molecule has 2 aromatic carbocycles. The van der Waals surface area contributed by atoms with E-state index < -0.39 is 0 Å². The van der Waals surface area contributed by atoms with Gasteiger partial charge in [0.15, 0.2) is 10.9 Å². The molecule has 0 bridgehead atoms. The standard InChI is InChI=1S/C26H24N6OS/c27-15-13-23(30-18-7-2-1-3-8-18)25(28)24(33)14-16-29-19-9-6-10-20(17-19)34-26-31-21-11-4-5-12-22(21)32-26/h1-4,6-11,15-17,27-28H,5,12-14H2,(H,31,32). The van der Waals surface area contributed by atoms with E-state index in [1.165, 1.54) is 23.7 Å². The first-order chi connectivity index (χ1) is 16.6. The molecule has 170 valence electrons. The maximum Gasteiger partial charge on any atom is 0.187 e. The van der Waals surface area contributed by atoms with Gasteiger partial charge < -0.3 is 10.4 Å². The van der Waals surface area contributed by atoms with Crippen molar-refractivity contribution < 1.29 is 4.79 Å².